The van der Waals surface area contributed by atoms with Crippen LogP contribution in [-0.4, -0.2) is 15.1 Å². The maximum absolute atomic E-state index is 4.81. The Labute approximate surface area is 317 Å². The van der Waals surface area contributed by atoms with E-state index < -0.39 is 8.07 Å². The molecular weight excluding hydrogens is 647 g/mol. The second-order valence-corrected chi connectivity index (χ2v) is 22.7. The summed E-state index contributed by atoms with van der Waals surface area (Å²) < 4.78 is 2.66. The van der Waals surface area contributed by atoms with Crippen molar-refractivity contribution in [2.45, 2.75) is 111 Å². The molecule has 1 N–H and O–H groups in total. The fraction of sp³-hybridized carbons (Fsp3) is 0.396. The summed E-state index contributed by atoms with van der Waals surface area (Å²) in [5.74, 6) is 0.915. The zero-order chi connectivity index (χ0) is 38.0. The number of hydrogen-bond acceptors (Lipinski definition) is 2. The van der Waals surface area contributed by atoms with Crippen LogP contribution in [0.4, 0.5) is 17.1 Å². The Hall–Kier alpha value is -4.15. The number of fused-ring (bicyclic) bond motifs is 3. The van der Waals surface area contributed by atoms with Crippen molar-refractivity contribution in [3.63, 3.8) is 0 Å². The third-order valence-corrected chi connectivity index (χ3v) is 12.8. The third kappa shape index (κ3) is 8.89. The van der Waals surface area contributed by atoms with Gasteiger partial charge in [-0.3, -0.25) is 0 Å². The van der Waals surface area contributed by atoms with Crippen LogP contribution in [0.2, 0.25) is 19.6 Å². The maximum Gasteiger partial charge on any atom is 0.213 e. The van der Waals surface area contributed by atoms with Gasteiger partial charge in [-0.2, -0.15) is 4.57 Å². The minimum absolute atomic E-state index is 0.118. The summed E-state index contributed by atoms with van der Waals surface area (Å²) in [7, 11) is 0.519. The van der Waals surface area contributed by atoms with E-state index in [4.69, 9.17) is 6.58 Å². The Balaban J connectivity index is 1.58. The molecule has 4 heteroatoms. The number of allylic oxidation sites excluding steroid dienone is 4. The van der Waals surface area contributed by atoms with Crippen LogP contribution in [-0.2, 0) is 11.8 Å². The smallest absolute Gasteiger partial charge is 0.213 e. The molecule has 3 nitrogen and oxygen atoms in total. The average molecular weight is 711 g/mol. The van der Waals surface area contributed by atoms with Gasteiger partial charge >= 0.3 is 0 Å². The number of pyridine rings is 1. The molecule has 4 aromatic rings. The number of hydrogen-bond donors (Lipinski definition) is 1. The second kappa shape index (κ2) is 15.8. The van der Waals surface area contributed by atoms with E-state index in [9.17, 15) is 0 Å². The van der Waals surface area contributed by atoms with Crippen molar-refractivity contribution in [3.05, 3.63) is 138 Å². The summed E-state index contributed by atoms with van der Waals surface area (Å²) in [4.78, 5) is 2.31. The van der Waals surface area contributed by atoms with Gasteiger partial charge < -0.3 is 10.2 Å². The number of para-hydroxylation sites is 2. The molecule has 5 rings (SSSR count). The topological polar surface area (TPSA) is 19.1 Å². The summed E-state index contributed by atoms with van der Waals surface area (Å²) >= 11 is 0. The van der Waals surface area contributed by atoms with Crippen LogP contribution < -0.4 is 20.0 Å². The van der Waals surface area contributed by atoms with Gasteiger partial charge in [0.2, 0.25) is 5.69 Å². The second-order valence-electron chi connectivity index (χ2n) is 17.6. The van der Waals surface area contributed by atoms with Gasteiger partial charge in [-0.05, 0) is 91.5 Å². The van der Waals surface area contributed by atoms with Crippen LogP contribution in [0, 0.1) is 12.8 Å². The molecule has 1 aromatic heterocycles. The van der Waals surface area contributed by atoms with Crippen molar-refractivity contribution >= 4 is 30.3 Å². The summed E-state index contributed by atoms with van der Waals surface area (Å²) in [5.41, 5.74) is 14.0. The lowest BCUT2D eigenvalue weighted by Gasteiger charge is -2.35. The number of aromatic nitrogens is 1. The summed E-state index contributed by atoms with van der Waals surface area (Å²) in [6.45, 7) is 32.5. The average Bonchev–Trinajstić information content (AvgIpc) is 3.06. The molecule has 0 saturated heterocycles. The highest BCUT2D eigenvalue weighted by Crippen LogP contribution is 2.45. The number of benzene rings is 3. The minimum Gasteiger partial charge on any atom is -0.354 e. The summed E-state index contributed by atoms with van der Waals surface area (Å²) in [6, 6.07) is 27.4. The molecule has 0 bridgehead atoms. The van der Waals surface area contributed by atoms with Crippen LogP contribution in [0.15, 0.2) is 116 Å². The van der Waals surface area contributed by atoms with Gasteiger partial charge in [-0.25, -0.2) is 0 Å². The van der Waals surface area contributed by atoms with Gasteiger partial charge in [0.25, 0.3) is 0 Å². The third-order valence-electron chi connectivity index (χ3n) is 10.7. The lowest BCUT2D eigenvalue weighted by molar-refractivity contribution is -0.717. The predicted octanol–water partition coefficient (Wildman–Crippen LogP) is 12.3. The number of rotatable bonds is 13. The Morgan fingerprint density at radius 3 is 2.31 bits per heavy atom. The lowest BCUT2D eigenvalue weighted by atomic mass is 9.77. The summed E-state index contributed by atoms with van der Waals surface area (Å²) in [6.07, 6.45) is 10.8. The molecular formula is C48H64N3Si+. The van der Waals surface area contributed by atoms with E-state index in [1.165, 1.54) is 39.1 Å². The molecule has 0 amide bonds. The lowest BCUT2D eigenvalue weighted by Crippen LogP contribution is -2.54. The van der Waals surface area contributed by atoms with Crippen LogP contribution >= 0.6 is 0 Å². The fourth-order valence-corrected chi connectivity index (χ4v) is 9.55. The molecule has 274 valence electrons. The molecule has 0 aliphatic carbocycles. The Bertz CT molecular complexity index is 1930. The SMILES string of the molecule is C=C(/C=C\C)CCC1c2cc(C)ccc2-c2cc(CC(C)C)c([Si](C)(C)C)c[n+]2C1CC(=C)N(C)c1ccccc1Nc1ccc(C(C)(C)C)cc1. The van der Waals surface area contributed by atoms with Crippen LogP contribution in [0.25, 0.3) is 11.3 Å². The Morgan fingerprint density at radius 1 is 0.981 bits per heavy atom. The van der Waals surface area contributed by atoms with Crippen molar-refractivity contribution in [2.24, 2.45) is 5.92 Å². The van der Waals surface area contributed by atoms with Crippen molar-refractivity contribution < 1.29 is 4.57 Å². The standard InChI is InChI=1S/C48H64N3Si/c1-14-17-34(4)20-26-40-42-29-35(5)21-27-41(42)46-31-37(28-33(2)3)47(52(11,12)13)32-51(46)45(40)30-36(6)50(10)44-19-16-15-18-43(44)49-39-24-22-38(23-25-39)48(7,8)9/h14-19,21-25,27,29,31-33,40,45,49H,4,6,20,26,28,30H2,1-3,5,7-13H3/q+1/b17-14-. The number of nitrogens with zero attached hydrogens (tertiary/aromatic N) is 2. The van der Waals surface area contributed by atoms with E-state index in [-0.39, 0.29) is 11.5 Å². The molecule has 1 aliphatic rings. The van der Waals surface area contributed by atoms with E-state index in [1.54, 1.807) is 5.19 Å². The van der Waals surface area contributed by atoms with Gasteiger partial charge in [0.1, 0.15) is 0 Å². The molecule has 1 aliphatic heterocycles. The van der Waals surface area contributed by atoms with E-state index in [2.05, 4.69) is 188 Å². The number of nitrogens with one attached hydrogen (secondary N) is 1. The molecule has 0 fully saturated rings. The van der Waals surface area contributed by atoms with Gasteiger partial charge in [-0.1, -0.05) is 127 Å². The highest BCUT2D eigenvalue weighted by atomic mass is 28.3. The Kier molecular flexibility index (Phi) is 11.9. The predicted molar refractivity (Wildman–Crippen MR) is 230 cm³/mol. The van der Waals surface area contributed by atoms with E-state index in [1.807, 2.05) is 0 Å². The first-order chi connectivity index (χ1) is 24.5. The molecule has 0 saturated carbocycles. The first kappa shape index (κ1) is 39.1. The molecule has 3 aromatic carbocycles. The first-order valence-corrected chi connectivity index (χ1v) is 22.9. The van der Waals surface area contributed by atoms with Crippen LogP contribution in [0.5, 0.6) is 0 Å². The first-order valence-electron chi connectivity index (χ1n) is 19.4. The van der Waals surface area contributed by atoms with E-state index in [0.29, 0.717) is 11.8 Å². The van der Waals surface area contributed by atoms with Gasteiger partial charge in [0.05, 0.1) is 25.9 Å². The highest BCUT2D eigenvalue weighted by molar-refractivity contribution is 6.89. The largest absolute Gasteiger partial charge is 0.354 e. The zero-order valence-electron chi connectivity index (χ0n) is 34.0. The summed E-state index contributed by atoms with van der Waals surface area (Å²) in [5, 5.41) is 5.30. The molecule has 2 atom stereocenters. The quantitative estimate of drug-likeness (QED) is 0.0846. The number of anilines is 3. The van der Waals surface area contributed by atoms with Gasteiger partial charge in [-0.15, -0.1) is 0 Å². The maximum atomic E-state index is 4.81. The highest BCUT2D eigenvalue weighted by Gasteiger charge is 2.42. The molecule has 0 radical (unpaired) electrons. The van der Waals surface area contributed by atoms with Crippen LogP contribution in [0.3, 0.4) is 0 Å². The Morgan fingerprint density at radius 2 is 1.67 bits per heavy atom. The van der Waals surface area contributed by atoms with Crippen molar-refractivity contribution in [1.82, 2.24) is 0 Å². The van der Waals surface area contributed by atoms with Crippen molar-refractivity contribution in [3.8, 4) is 11.3 Å². The van der Waals surface area contributed by atoms with Gasteiger partial charge in [0, 0.05) is 41.2 Å². The molecule has 2 unspecified atom stereocenters. The van der Waals surface area contributed by atoms with E-state index in [0.717, 1.165) is 48.4 Å². The fourth-order valence-electron chi connectivity index (χ4n) is 7.89. The normalized spacial score (nSPS) is 15.8. The van der Waals surface area contributed by atoms with Gasteiger partial charge in [0.15, 0.2) is 12.2 Å². The van der Waals surface area contributed by atoms with Crippen LogP contribution in [0.1, 0.15) is 95.0 Å². The monoisotopic (exact) mass is 710 g/mol. The molecule has 52 heavy (non-hydrogen) atoms. The van der Waals surface area contributed by atoms with Crippen molar-refractivity contribution in [1.29, 1.82) is 0 Å². The number of aryl methyl sites for hydroxylation is 1. The molecule has 2 heterocycles. The van der Waals surface area contributed by atoms with Crippen molar-refractivity contribution in [2.75, 3.05) is 17.3 Å². The zero-order valence-corrected chi connectivity index (χ0v) is 35.0. The van der Waals surface area contributed by atoms with E-state index >= 15 is 0 Å². The molecule has 0 spiro atoms. The minimum atomic E-state index is -1.66.